The predicted molar refractivity (Wildman–Crippen MR) is 79.3 cm³/mol. The van der Waals surface area contributed by atoms with Crippen LogP contribution in [0.1, 0.15) is 66.2 Å². The molecule has 0 aromatic heterocycles. The number of hydrogen-bond donors (Lipinski definition) is 1. The molecule has 2 nitrogen and oxygen atoms in total. The standard InChI is InChI=1S/C18H30O2/c1-16(2)10-15(17(3,4)20-16)18(19)9-11-8-14(18)13-7-5-6-12(11)13/h11-15,19H,5-10H2,1-4H3. The molecule has 3 saturated carbocycles. The number of rotatable bonds is 1. The van der Waals surface area contributed by atoms with Gasteiger partial charge in [-0.25, -0.2) is 0 Å². The summed E-state index contributed by atoms with van der Waals surface area (Å²) in [6.45, 7) is 8.76. The summed E-state index contributed by atoms with van der Waals surface area (Å²) in [6.07, 6.45) is 7.54. The second-order valence-corrected chi connectivity index (χ2v) is 9.28. The molecule has 4 rings (SSSR count). The Morgan fingerprint density at radius 1 is 1.00 bits per heavy atom. The molecule has 0 aromatic carbocycles. The molecule has 0 radical (unpaired) electrons. The minimum Gasteiger partial charge on any atom is -0.389 e. The lowest BCUT2D eigenvalue weighted by Crippen LogP contribution is -2.52. The zero-order valence-corrected chi connectivity index (χ0v) is 13.5. The van der Waals surface area contributed by atoms with Crippen LogP contribution in [0.5, 0.6) is 0 Å². The molecule has 2 heteroatoms. The van der Waals surface area contributed by atoms with Crippen LogP contribution < -0.4 is 0 Å². The summed E-state index contributed by atoms with van der Waals surface area (Å²) in [5, 5.41) is 11.6. The molecule has 6 unspecified atom stereocenters. The second-order valence-electron chi connectivity index (χ2n) is 9.28. The van der Waals surface area contributed by atoms with Crippen LogP contribution in [0.2, 0.25) is 0 Å². The van der Waals surface area contributed by atoms with Gasteiger partial charge in [0.25, 0.3) is 0 Å². The van der Waals surface area contributed by atoms with Crippen molar-refractivity contribution in [2.24, 2.45) is 29.6 Å². The maximum atomic E-state index is 11.6. The summed E-state index contributed by atoms with van der Waals surface area (Å²) < 4.78 is 6.29. The van der Waals surface area contributed by atoms with Gasteiger partial charge in [-0.1, -0.05) is 6.42 Å². The van der Waals surface area contributed by atoms with E-state index in [-0.39, 0.29) is 11.2 Å². The SMILES string of the molecule is CC1(C)CC(C2(O)CC3CC2C2CCCC32)C(C)(C)O1. The van der Waals surface area contributed by atoms with Gasteiger partial charge in [-0.15, -0.1) is 0 Å². The maximum absolute atomic E-state index is 11.6. The van der Waals surface area contributed by atoms with Gasteiger partial charge < -0.3 is 9.84 Å². The van der Waals surface area contributed by atoms with Crippen molar-refractivity contribution in [1.82, 2.24) is 0 Å². The van der Waals surface area contributed by atoms with Gasteiger partial charge >= 0.3 is 0 Å². The van der Waals surface area contributed by atoms with Gasteiger partial charge in [-0.05, 0) is 83.5 Å². The average Bonchev–Trinajstić information content (AvgIpc) is 2.96. The summed E-state index contributed by atoms with van der Waals surface area (Å²) in [4.78, 5) is 0. The summed E-state index contributed by atoms with van der Waals surface area (Å²) in [7, 11) is 0. The third kappa shape index (κ3) is 1.64. The highest BCUT2D eigenvalue weighted by Gasteiger charge is 2.66. The number of hydrogen-bond acceptors (Lipinski definition) is 2. The van der Waals surface area contributed by atoms with E-state index >= 15 is 0 Å². The van der Waals surface area contributed by atoms with Crippen molar-refractivity contribution >= 4 is 0 Å². The molecule has 0 aromatic rings. The van der Waals surface area contributed by atoms with Gasteiger partial charge in [0.15, 0.2) is 0 Å². The number of fused-ring (bicyclic) bond motifs is 5. The Morgan fingerprint density at radius 2 is 1.70 bits per heavy atom. The Labute approximate surface area is 123 Å². The lowest BCUT2D eigenvalue weighted by atomic mass is 9.63. The maximum Gasteiger partial charge on any atom is 0.0737 e. The monoisotopic (exact) mass is 278 g/mol. The fraction of sp³-hybridized carbons (Fsp3) is 1.00. The molecule has 1 saturated heterocycles. The first-order valence-electron chi connectivity index (χ1n) is 8.65. The van der Waals surface area contributed by atoms with Crippen LogP contribution in [0, 0.1) is 29.6 Å². The summed E-state index contributed by atoms with van der Waals surface area (Å²) in [5.41, 5.74) is -0.717. The zero-order valence-electron chi connectivity index (χ0n) is 13.5. The van der Waals surface area contributed by atoms with Crippen molar-refractivity contribution < 1.29 is 9.84 Å². The lowest BCUT2D eigenvalue weighted by Gasteiger charge is -2.46. The van der Waals surface area contributed by atoms with E-state index in [1.807, 2.05) is 0 Å². The van der Waals surface area contributed by atoms with E-state index in [4.69, 9.17) is 4.74 Å². The van der Waals surface area contributed by atoms with E-state index in [2.05, 4.69) is 27.7 Å². The zero-order chi connectivity index (χ0) is 14.3. The molecule has 114 valence electrons. The third-order valence-electron chi connectivity index (χ3n) is 7.21. The van der Waals surface area contributed by atoms with Gasteiger partial charge in [0.05, 0.1) is 16.8 Å². The Balaban J connectivity index is 1.66. The largest absolute Gasteiger partial charge is 0.389 e. The van der Waals surface area contributed by atoms with E-state index in [1.165, 1.54) is 25.7 Å². The molecule has 0 amide bonds. The molecule has 3 aliphatic carbocycles. The Kier molecular flexibility index (Phi) is 2.59. The smallest absolute Gasteiger partial charge is 0.0737 e. The van der Waals surface area contributed by atoms with Crippen LogP contribution in [-0.4, -0.2) is 21.9 Å². The van der Waals surface area contributed by atoms with Crippen LogP contribution in [0.3, 0.4) is 0 Å². The quantitative estimate of drug-likeness (QED) is 0.791. The molecule has 0 spiro atoms. The van der Waals surface area contributed by atoms with Crippen LogP contribution in [0.15, 0.2) is 0 Å². The third-order valence-corrected chi connectivity index (χ3v) is 7.21. The van der Waals surface area contributed by atoms with Crippen molar-refractivity contribution in [3.63, 3.8) is 0 Å². The fourth-order valence-corrected chi connectivity index (χ4v) is 6.90. The van der Waals surface area contributed by atoms with Crippen LogP contribution in [0.25, 0.3) is 0 Å². The van der Waals surface area contributed by atoms with E-state index in [0.717, 1.165) is 30.6 Å². The first-order valence-corrected chi connectivity index (χ1v) is 8.65. The van der Waals surface area contributed by atoms with E-state index in [0.29, 0.717) is 11.8 Å². The second kappa shape index (κ2) is 3.81. The van der Waals surface area contributed by atoms with Gasteiger partial charge in [0, 0.05) is 5.92 Å². The molecule has 1 N–H and O–H groups in total. The van der Waals surface area contributed by atoms with Crippen molar-refractivity contribution in [3.8, 4) is 0 Å². The Bertz CT molecular complexity index is 427. The van der Waals surface area contributed by atoms with Crippen molar-refractivity contribution in [3.05, 3.63) is 0 Å². The van der Waals surface area contributed by atoms with Crippen molar-refractivity contribution in [2.75, 3.05) is 0 Å². The summed E-state index contributed by atoms with van der Waals surface area (Å²) in [6, 6.07) is 0. The first kappa shape index (κ1) is 13.6. The van der Waals surface area contributed by atoms with Gasteiger partial charge in [-0.2, -0.15) is 0 Å². The normalized spacial score (nSPS) is 55.4. The van der Waals surface area contributed by atoms with E-state index in [1.54, 1.807) is 0 Å². The topological polar surface area (TPSA) is 29.5 Å². The first-order chi connectivity index (χ1) is 9.23. The van der Waals surface area contributed by atoms with Crippen LogP contribution in [-0.2, 0) is 4.74 Å². The van der Waals surface area contributed by atoms with E-state index < -0.39 is 5.60 Å². The summed E-state index contributed by atoms with van der Waals surface area (Å²) >= 11 is 0. The lowest BCUT2D eigenvalue weighted by molar-refractivity contribution is -0.143. The fourth-order valence-electron chi connectivity index (χ4n) is 6.90. The van der Waals surface area contributed by atoms with E-state index in [9.17, 15) is 5.11 Å². The molecule has 1 aliphatic heterocycles. The molecule has 4 aliphatic rings. The molecule has 4 fully saturated rings. The summed E-state index contributed by atoms with van der Waals surface area (Å²) in [5.74, 6) is 3.43. The number of aliphatic hydroxyl groups is 1. The highest BCUT2D eigenvalue weighted by molar-refractivity contribution is 5.16. The minimum absolute atomic E-state index is 0.0825. The van der Waals surface area contributed by atoms with Gasteiger partial charge in [0.2, 0.25) is 0 Å². The molecule has 1 heterocycles. The Hall–Kier alpha value is -0.0800. The van der Waals surface area contributed by atoms with Crippen molar-refractivity contribution in [1.29, 1.82) is 0 Å². The molecular formula is C18H30O2. The molecule has 20 heavy (non-hydrogen) atoms. The Morgan fingerprint density at radius 3 is 2.35 bits per heavy atom. The van der Waals surface area contributed by atoms with Crippen LogP contribution >= 0.6 is 0 Å². The van der Waals surface area contributed by atoms with Crippen molar-refractivity contribution in [2.45, 2.75) is 83.0 Å². The minimum atomic E-state index is -0.451. The van der Waals surface area contributed by atoms with Gasteiger partial charge in [0.1, 0.15) is 0 Å². The highest BCUT2D eigenvalue weighted by Crippen LogP contribution is 2.66. The highest BCUT2D eigenvalue weighted by atomic mass is 16.5. The molecular weight excluding hydrogens is 248 g/mol. The predicted octanol–water partition coefficient (Wildman–Crippen LogP) is 3.77. The average molecular weight is 278 g/mol. The molecule has 2 bridgehead atoms. The van der Waals surface area contributed by atoms with Crippen LogP contribution in [0.4, 0.5) is 0 Å². The number of ether oxygens (including phenoxy) is 1. The van der Waals surface area contributed by atoms with Gasteiger partial charge in [-0.3, -0.25) is 0 Å². The molecule has 6 atom stereocenters.